The van der Waals surface area contributed by atoms with Crippen molar-refractivity contribution in [1.29, 1.82) is 0 Å². The zero-order chi connectivity index (χ0) is 17.8. The number of nitro groups is 1. The molecule has 0 spiro atoms. The number of hydrogen-bond acceptors (Lipinski definition) is 4. The van der Waals surface area contributed by atoms with Crippen molar-refractivity contribution in [2.45, 2.75) is 30.7 Å². The fourth-order valence-electron chi connectivity index (χ4n) is 2.58. The Kier molecular flexibility index (Phi) is 5.36. The van der Waals surface area contributed by atoms with Crippen LogP contribution < -0.4 is 4.72 Å². The molecule has 0 amide bonds. The molecule has 0 bridgehead atoms. The normalized spacial score (nSPS) is 14.1. The van der Waals surface area contributed by atoms with Crippen LogP contribution in [-0.4, -0.2) is 19.9 Å². The van der Waals surface area contributed by atoms with E-state index >= 15 is 0 Å². The first-order valence-corrected chi connectivity index (χ1v) is 9.05. The van der Waals surface area contributed by atoms with Crippen LogP contribution in [0.4, 0.5) is 0 Å². The summed E-state index contributed by atoms with van der Waals surface area (Å²) < 4.78 is 28.0. The fraction of sp³-hybridized carbons (Fsp3) is 0.294. The second-order valence-corrected chi connectivity index (χ2v) is 7.39. The molecule has 0 radical (unpaired) electrons. The van der Waals surface area contributed by atoms with E-state index in [4.69, 9.17) is 0 Å². The highest BCUT2D eigenvalue weighted by Crippen LogP contribution is 2.28. The van der Waals surface area contributed by atoms with Crippen LogP contribution >= 0.6 is 0 Å². The summed E-state index contributed by atoms with van der Waals surface area (Å²) in [5.41, 5.74) is 0.207. The Hall–Kier alpha value is -2.25. The third-order valence-corrected chi connectivity index (χ3v) is 5.54. The van der Waals surface area contributed by atoms with Gasteiger partial charge >= 0.3 is 0 Å². The molecule has 0 aliphatic carbocycles. The maximum atomic E-state index is 12.7. The number of aryl methyl sites for hydroxylation is 1. The second-order valence-electron chi connectivity index (χ2n) is 5.71. The van der Waals surface area contributed by atoms with Crippen LogP contribution in [0.3, 0.4) is 0 Å². The Morgan fingerprint density at radius 2 is 1.67 bits per heavy atom. The third-order valence-electron chi connectivity index (χ3n) is 3.99. The van der Waals surface area contributed by atoms with E-state index in [2.05, 4.69) is 4.72 Å². The van der Waals surface area contributed by atoms with E-state index in [1.807, 2.05) is 6.92 Å². The maximum absolute atomic E-state index is 12.7. The lowest BCUT2D eigenvalue weighted by atomic mass is 9.88. The number of rotatable bonds is 7. The number of benzene rings is 2. The van der Waals surface area contributed by atoms with Crippen molar-refractivity contribution in [3.8, 4) is 0 Å². The van der Waals surface area contributed by atoms with Gasteiger partial charge in [-0.2, -0.15) is 4.72 Å². The van der Waals surface area contributed by atoms with Crippen molar-refractivity contribution < 1.29 is 13.3 Å². The lowest BCUT2D eigenvalue weighted by Crippen LogP contribution is -2.50. The van der Waals surface area contributed by atoms with Crippen molar-refractivity contribution in [3.63, 3.8) is 0 Å². The van der Waals surface area contributed by atoms with Gasteiger partial charge in [0, 0.05) is 4.92 Å². The molecule has 1 atom stereocenters. The molecule has 0 unspecified atom stereocenters. The van der Waals surface area contributed by atoms with E-state index in [0.29, 0.717) is 5.56 Å². The maximum Gasteiger partial charge on any atom is 0.241 e. The van der Waals surface area contributed by atoms with E-state index in [-0.39, 0.29) is 11.3 Å². The first-order valence-electron chi connectivity index (χ1n) is 7.57. The van der Waals surface area contributed by atoms with Gasteiger partial charge in [0.15, 0.2) is 0 Å². The molecule has 2 rings (SSSR count). The zero-order valence-corrected chi connectivity index (χ0v) is 14.4. The average molecular weight is 348 g/mol. The summed E-state index contributed by atoms with van der Waals surface area (Å²) in [6, 6.07) is 15.0. The van der Waals surface area contributed by atoms with Gasteiger partial charge in [-0.05, 0) is 31.0 Å². The van der Waals surface area contributed by atoms with Gasteiger partial charge in [-0.3, -0.25) is 10.1 Å². The minimum atomic E-state index is -3.90. The van der Waals surface area contributed by atoms with Gasteiger partial charge < -0.3 is 0 Å². The third kappa shape index (κ3) is 3.98. The summed E-state index contributed by atoms with van der Waals surface area (Å²) in [6.45, 7) is 3.06. The molecule has 2 aromatic carbocycles. The molecule has 0 aliphatic heterocycles. The molecular formula is C17H20N2O4S. The Balaban J connectivity index is 2.48. The van der Waals surface area contributed by atoms with Gasteiger partial charge in [0.25, 0.3) is 0 Å². The molecule has 2 aromatic rings. The van der Waals surface area contributed by atoms with Crippen LogP contribution in [-0.2, 0) is 15.6 Å². The number of hydrogen-bond donors (Lipinski definition) is 1. The molecule has 24 heavy (non-hydrogen) atoms. The van der Waals surface area contributed by atoms with E-state index in [1.165, 1.54) is 12.1 Å². The molecule has 128 valence electrons. The van der Waals surface area contributed by atoms with Crippen LogP contribution in [0.25, 0.3) is 0 Å². The van der Waals surface area contributed by atoms with Gasteiger partial charge in [-0.1, -0.05) is 55.0 Å². The van der Waals surface area contributed by atoms with E-state index in [9.17, 15) is 18.5 Å². The average Bonchev–Trinajstić information content (AvgIpc) is 2.54. The zero-order valence-electron chi connectivity index (χ0n) is 13.6. The summed E-state index contributed by atoms with van der Waals surface area (Å²) in [6.07, 6.45) is 0.253. The SMILES string of the molecule is CC[C@](C[N+](=O)[O-])(NS(=O)(=O)c1ccc(C)cc1)c1ccccc1. The standard InChI is InChI=1S/C17H20N2O4S/c1-3-17(13-19(20)21,15-7-5-4-6-8-15)18-24(22,23)16-11-9-14(2)10-12-16/h4-12,18H,3,13H2,1-2H3/t17-/m1/s1. The van der Waals surface area contributed by atoms with Gasteiger partial charge in [-0.25, -0.2) is 8.42 Å². The van der Waals surface area contributed by atoms with Crippen molar-refractivity contribution in [1.82, 2.24) is 4.72 Å². The predicted molar refractivity (Wildman–Crippen MR) is 91.8 cm³/mol. The molecule has 0 saturated heterocycles. The topological polar surface area (TPSA) is 89.3 Å². The van der Waals surface area contributed by atoms with Crippen LogP contribution in [0.15, 0.2) is 59.5 Å². The summed E-state index contributed by atoms with van der Waals surface area (Å²) in [4.78, 5) is 10.8. The second kappa shape index (κ2) is 7.11. The summed E-state index contributed by atoms with van der Waals surface area (Å²) in [5.74, 6) is 0. The van der Waals surface area contributed by atoms with Gasteiger partial charge in [-0.15, -0.1) is 0 Å². The summed E-state index contributed by atoms with van der Waals surface area (Å²) in [7, 11) is -3.90. The van der Waals surface area contributed by atoms with E-state index < -0.39 is 27.0 Å². The Morgan fingerprint density at radius 3 is 2.17 bits per heavy atom. The largest absolute Gasteiger partial charge is 0.264 e. The van der Waals surface area contributed by atoms with Crippen LogP contribution in [0.1, 0.15) is 24.5 Å². The highest BCUT2D eigenvalue weighted by Gasteiger charge is 2.40. The molecule has 6 nitrogen and oxygen atoms in total. The fourth-order valence-corrected chi connectivity index (χ4v) is 4.04. The first kappa shape index (κ1) is 18.1. The lowest BCUT2D eigenvalue weighted by Gasteiger charge is -2.30. The van der Waals surface area contributed by atoms with Crippen molar-refractivity contribution in [3.05, 3.63) is 75.8 Å². The highest BCUT2D eigenvalue weighted by atomic mass is 32.2. The van der Waals surface area contributed by atoms with Crippen molar-refractivity contribution >= 4 is 10.0 Å². The van der Waals surface area contributed by atoms with Crippen molar-refractivity contribution in [2.24, 2.45) is 0 Å². The van der Waals surface area contributed by atoms with E-state index in [1.54, 1.807) is 49.4 Å². The minimum Gasteiger partial charge on any atom is -0.264 e. The molecular weight excluding hydrogens is 328 g/mol. The molecule has 0 heterocycles. The molecule has 0 fully saturated rings. The summed E-state index contributed by atoms with van der Waals surface area (Å²) in [5, 5.41) is 11.2. The van der Waals surface area contributed by atoms with Gasteiger partial charge in [0.1, 0.15) is 5.54 Å². The Bertz CT molecular complexity index is 804. The lowest BCUT2D eigenvalue weighted by molar-refractivity contribution is -0.492. The first-order chi connectivity index (χ1) is 11.3. The Labute approximate surface area is 141 Å². The minimum absolute atomic E-state index is 0.0882. The van der Waals surface area contributed by atoms with Crippen LogP contribution in [0.5, 0.6) is 0 Å². The molecule has 0 saturated carbocycles. The number of sulfonamides is 1. The molecule has 7 heteroatoms. The summed E-state index contributed by atoms with van der Waals surface area (Å²) >= 11 is 0. The monoisotopic (exact) mass is 348 g/mol. The van der Waals surface area contributed by atoms with Crippen LogP contribution in [0.2, 0.25) is 0 Å². The molecule has 0 aliphatic rings. The molecule has 1 N–H and O–H groups in total. The number of nitrogens with one attached hydrogen (secondary N) is 1. The predicted octanol–water partition coefficient (Wildman–Crippen LogP) is 2.86. The van der Waals surface area contributed by atoms with Crippen LogP contribution in [0, 0.1) is 17.0 Å². The smallest absolute Gasteiger partial charge is 0.241 e. The van der Waals surface area contributed by atoms with Gasteiger partial charge in [0.05, 0.1) is 4.90 Å². The molecule has 0 aromatic heterocycles. The Morgan fingerprint density at radius 1 is 1.08 bits per heavy atom. The highest BCUT2D eigenvalue weighted by molar-refractivity contribution is 7.89. The quantitative estimate of drug-likeness (QED) is 0.615. The van der Waals surface area contributed by atoms with Gasteiger partial charge in [0.2, 0.25) is 16.6 Å². The van der Waals surface area contributed by atoms with E-state index in [0.717, 1.165) is 5.56 Å². The van der Waals surface area contributed by atoms with Crippen molar-refractivity contribution in [2.75, 3.05) is 6.54 Å². The number of nitrogens with zero attached hydrogens (tertiary/aromatic N) is 1.